The van der Waals surface area contributed by atoms with Crippen LogP contribution in [-0.2, 0) is 0 Å². The topological polar surface area (TPSA) is 58.4 Å². The van der Waals surface area contributed by atoms with E-state index in [1.807, 2.05) is 0 Å². The van der Waals surface area contributed by atoms with E-state index in [1.165, 1.54) is 0 Å². The van der Waals surface area contributed by atoms with Gasteiger partial charge in [-0.25, -0.2) is 4.79 Å². The summed E-state index contributed by atoms with van der Waals surface area (Å²) in [6.45, 7) is 1.98. The number of carbonyl (C=O) groups is 1. The average Bonchev–Trinajstić information content (AvgIpc) is 2.05. The van der Waals surface area contributed by atoms with Crippen LogP contribution in [0.1, 0.15) is 12.8 Å². The molecule has 1 saturated heterocycles. The Morgan fingerprint density at radius 3 is 2.55 bits per heavy atom. The maximum Gasteiger partial charge on any atom is 0.314 e. The van der Waals surface area contributed by atoms with E-state index in [1.54, 1.807) is 11.9 Å². The van der Waals surface area contributed by atoms with Gasteiger partial charge in [-0.15, -0.1) is 0 Å². The quantitative estimate of drug-likeness (QED) is 0.551. The van der Waals surface area contributed by atoms with Crippen molar-refractivity contribution in [3.63, 3.8) is 0 Å². The first kappa shape index (κ1) is 8.33. The highest BCUT2D eigenvalue weighted by molar-refractivity contribution is 5.72. The number of rotatable bonds is 1. The van der Waals surface area contributed by atoms with Gasteiger partial charge < -0.3 is 16.0 Å². The van der Waals surface area contributed by atoms with Crippen molar-refractivity contribution in [2.75, 3.05) is 20.1 Å². The van der Waals surface area contributed by atoms with E-state index in [0.29, 0.717) is 6.04 Å². The van der Waals surface area contributed by atoms with E-state index in [4.69, 9.17) is 5.73 Å². The van der Waals surface area contributed by atoms with Crippen molar-refractivity contribution in [1.82, 2.24) is 10.2 Å². The normalized spacial score (nSPS) is 19.7. The molecule has 0 aromatic heterocycles. The highest BCUT2D eigenvalue weighted by atomic mass is 16.2. The number of hydrogen-bond donors (Lipinski definition) is 2. The van der Waals surface area contributed by atoms with Crippen molar-refractivity contribution >= 4 is 6.03 Å². The first-order valence-corrected chi connectivity index (χ1v) is 3.95. The Hall–Kier alpha value is -0.770. The molecule has 0 unspecified atom stereocenters. The largest absolute Gasteiger partial charge is 0.351 e. The number of urea groups is 1. The lowest BCUT2D eigenvalue weighted by atomic mass is 10.1. The van der Waals surface area contributed by atoms with Gasteiger partial charge in [0.15, 0.2) is 0 Å². The number of nitrogens with zero attached hydrogens (tertiary/aromatic N) is 1. The second kappa shape index (κ2) is 3.57. The van der Waals surface area contributed by atoms with Crippen LogP contribution in [0, 0.1) is 0 Å². The molecule has 0 atom stereocenters. The molecule has 0 aliphatic carbocycles. The second-order valence-electron chi connectivity index (χ2n) is 2.93. The van der Waals surface area contributed by atoms with Crippen molar-refractivity contribution in [2.45, 2.75) is 18.9 Å². The predicted octanol–water partition coefficient (Wildman–Crippen LogP) is -0.251. The van der Waals surface area contributed by atoms with Crippen LogP contribution in [0.5, 0.6) is 0 Å². The highest BCUT2D eigenvalue weighted by Gasteiger charge is 2.19. The number of hydrogen-bond acceptors (Lipinski definition) is 2. The molecule has 0 aromatic carbocycles. The molecule has 64 valence electrons. The smallest absolute Gasteiger partial charge is 0.314 e. The summed E-state index contributed by atoms with van der Waals surface area (Å²) >= 11 is 0. The molecule has 1 heterocycles. The maximum atomic E-state index is 10.7. The molecule has 1 rings (SSSR count). The molecule has 2 amide bonds. The molecule has 3 N–H and O–H groups in total. The number of nitrogens with two attached hydrogens (primary N) is 1. The lowest BCUT2D eigenvalue weighted by Crippen LogP contribution is -2.46. The van der Waals surface area contributed by atoms with E-state index >= 15 is 0 Å². The van der Waals surface area contributed by atoms with Gasteiger partial charge >= 0.3 is 6.03 Å². The SMILES string of the molecule is CN(C(N)=O)C1CCNCC1. The predicted molar refractivity (Wildman–Crippen MR) is 43.2 cm³/mol. The molecule has 0 bridgehead atoms. The maximum absolute atomic E-state index is 10.7. The molecule has 0 saturated carbocycles. The van der Waals surface area contributed by atoms with E-state index in [9.17, 15) is 4.79 Å². The molecule has 0 spiro atoms. The molecule has 1 fully saturated rings. The third-order valence-electron chi connectivity index (χ3n) is 2.20. The third kappa shape index (κ3) is 2.08. The lowest BCUT2D eigenvalue weighted by Gasteiger charge is -2.30. The van der Waals surface area contributed by atoms with Crippen LogP contribution in [-0.4, -0.2) is 37.1 Å². The Bertz CT molecular complexity index is 143. The van der Waals surface area contributed by atoms with Gasteiger partial charge in [-0.3, -0.25) is 0 Å². The summed E-state index contributed by atoms with van der Waals surface area (Å²) in [6.07, 6.45) is 2.03. The van der Waals surface area contributed by atoms with Gasteiger partial charge in [0.2, 0.25) is 0 Å². The van der Waals surface area contributed by atoms with E-state index < -0.39 is 0 Å². The molecule has 11 heavy (non-hydrogen) atoms. The van der Waals surface area contributed by atoms with E-state index in [0.717, 1.165) is 25.9 Å². The molecule has 1 aliphatic heterocycles. The Morgan fingerprint density at radius 2 is 2.09 bits per heavy atom. The molecule has 4 heteroatoms. The first-order valence-electron chi connectivity index (χ1n) is 3.95. The zero-order valence-corrected chi connectivity index (χ0v) is 6.84. The summed E-state index contributed by atoms with van der Waals surface area (Å²) in [7, 11) is 1.76. The van der Waals surface area contributed by atoms with Crippen molar-refractivity contribution in [2.24, 2.45) is 5.73 Å². The summed E-state index contributed by atoms with van der Waals surface area (Å²) in [5.74, 6) is 0. The molecule has 0 radical (unpaired) electrons. The van der Waals surface area contributed by atoms with Gasteiger partial charge in [-0.1, -0.05) is 0 Å². The number of nitrogens with one attached hydrogen (secondary N) is 1. The number of carbonyl (C=O) groups excluding carboxylic acids is 1. The van der Waals surface area contributed by atoms with E-state index in [2.05, 4.69) is 5.32 Å². The van der Waals surface area contributed by atoms with Crippen LogP contribution in [0.2, 0.25) is 0 Å². The van der Waals surface area contributed by atoms with Crippen LogP contribution < -0.4 is 11.1 Å². The molecule has 0 aromatic rings. The average molecular weight is 157 g/mol. The van der Waals surface area contributed by atoms with Crippen molar-refractivity contribution in [3.8, 4) is 0 Å². The monoisotopic (exact) mass is 157 g/mol. The van der Waals surface area contributed by atoms with Gasteiger partial charge in [-0.2, -0.15) is 0 Å². The lowest BCUT2D eigenvalue weighted by molar-refractivity contribution is 0.185. The Labute approximate surface area is 66.7 Å². The minimum Gasteiger partial charge on any atom is -0.351 e. The Kier molecular flexibility index (Phi) is 2.70. The summed E-state index contributed by atoms with van der Waals surface area (Å²) in [6, 6.07) is 0.0191. The fraction of sp³-hybridized carbons (Fsp3) is 0.857. The van der Waals surface area contributed by atoms with Crippen LogP contribution in [0.25, 0.3) is 0 Å². The summed E-state index contributed by atoms with van der Waals surface area (Å²) < 4.78 is 0. The van der Waals surface area contributed by atoms with Crippen molar-refractivity contribution in [3.05, 3.63) is 0 Å². The van der Waals surface area contributed by atoms with Gasteiger partial charge in [0.05, 0.1) is 0 Å². The summed E-state index contributed by atoms with van der Waals surface area (Å²) in [5.41, 5.74) is 5.13. The zero-order valence-electron chi connectivity index (χ0n) is 6.84. The second-order valence-corrected chi connectivity index (χ2v) is 2.93. The molecular formula is C7H15N3O. The molecule has 1 aliphatic rings. The number of amides is 2. The van der Waals surface area contributed by atoms with Crippen molar-refractivity contribution in [1.29, 1.82) is 0 Å². The highest BCUT2D eigenvalue weighted by Crippen LogP contribution is 2.08. The van der Waals surface area contributed by atoms with Crippen LogP contribution in [0.15, 0.2) is 0 Å². The molecule has 4 nitrogen and oxygen atoms in total. The summed E-state index contributed by atoms with van der Waals surface area (Å²) in [4.78, 5) is 12.4. The summed E-state index contributed by atoms with van der Waals surface area (Å²) in [5, 5.41) is 3.23. The minimum absolute atomic E-state index is 0.322. The van der Waals surface area contributed by atoms with Gasteiger partial charge in [-0.05, 0) is 25.9 Å². The third-order valence-corrected chi connectivity index (χ3v) is 2.20. The van der Waals surface area contributed by atoms with Crippen molar-refractivity contribution < 1.29 is 4.79 Å². The standard InChI is InChI=1S/C7H15N3O/c1-10(7(8)11)6-2-4-9-5-3-6/h6,9H,2-5H2,1H3,(H2,8,11). The Morgan fingerprint density at radius 1 is 1.55 bits per heavy atom. The molecular weight excluding hydrogens is 142 g/mol. The van der Waals surface area contributed by atoms with Crippen LogP contribution >= 0.6 is 0 Å². The first-order chi connectivity index (χ1) is 5.22. The van der Waals surface area contributed by atoms with Crippen LogP contribution in [0.3, 0.4) is 0 Å². The van der Waals surface area contributed by atoms with Gasteiger partial charge in [0.1, 0.15) is 0 Å². The van der Waals surface area contributed by atoms with Gasteiger partial charge in [0, 0.05) is 13.1 Å². The van der Waals surface area contributed by atoms with Crippen LogP contribution in [0.4, 0.5) is 4.79 Å². The fourth-order valence-electron chi connectivity index (χ4n) is 1.37. The Balaban J connectivity index is 2.38. The fourth-order valence-corrected chi connectivity index (χ4v) is 1.37. The zero-order chi connectivity index (χ0) is 8.27. The number of primary amides is 1. The minimum atomic E-state index is -0.322. The van der Waals surface area contributed by atoms with E-state index in [-0.39, 0.29) is 6.03 Å². The van der Waals surface area contributed by atoms with Gasteiger partial charge in [0.25, 0.3) is 0 Å². The number of piperidine rings is 1.